The second-order valence-electron chi connectivity index (χ2n) is 8.94. The van der Waals surface area contributed by atoms with Crippen LogP contribution in [0.3, 0.4) is 0 Å². The van der Waals surface area contributed by atoms with Gasteiger partial charge in [0.05, 0.1) is 39.3 Å². The molecule has 0 aliphatic carbocycles. The van der Waals surface area contributed by atoms with Crippen LogP contribution in [0.25, 0.3) is 0 Å². The molecule has 2 aromatic carbocycles. The molecule has 5 nitrogen and oxygen atoms in total. The molecule has 168 valence electrons. The van der Waals surface area contributed by atoms with E-state index in [1.165, 1.54) is 10.5 Å². The van der Waals surface area contributed by atoms with Crippen LogP contribution in [-0.4, -0.2) is 39.3 Å². The zero-order valence-electron chi connectivity index (χ0n) is 19.2. The van der Waals surface area contributed by atoms with E-state index in [0.717, 1.165) is 51.0 Å². The SMILES string of the molecule is COc1ccc(NC(=O)[C@@H]2CCC[NH+](CCCc3ccccc3)C2)cc1OCC(C)C. The Labute approximate surface area is 186 Å². The number of benzene rings is 2. The first-order valence-electron chi connectivity index (χ1n) is 11.5. The van der Waals surface area contributed by atoms with Gasteiger partial charge in [-0.15, -0.1) is 0 Å². The average molecular weight is 426 g/mol. The molecule has 1 aliphatic rings. The number of hydrogen-bond donors (Lipinski definition) is 2. The molecule has 2 N–H and O–H groups in total. The molecular weight excluding hydrogens is 388 g/mol. The minimum atomic E-state index is 0.0580. The van der Waals surface area contributed by atoms with Gasteiger partial charge in [-0.1, -0.05) is 44.2 Å². The number of amides is 1. The van der Waals surface area contributed by atoms with Crippen LogP contribution in [0.15, 0.2) is 48.5 Å². The molecule has 1 aliphatic heterocycles. The summed E-state index contributed by atoms with van der Waals surface area (Å²) < 4.78 is 11.3. The van der Waals surface area contributed by atoms with Crippen LogP contribution in [0, 0.1) is 11.8 Å². The molecule has 2 atom stereocenters. The van der Waals surface area contributed by atoms with Crippen molar-refractivity contribution in [2.24, 2.45) is 11.8 Å². The Hall–Kier alpha value is -2.53. The number of rotatable bonds is 10. The Morgan fingerprint density at radius 2 is 1.97 bits per heavy atom. The van der Waals surface area contributed by atoms with Gasteiger partial charge in [-0.05, 0) is 42.9 Å². The maximum atomic E-state index is 12.9. The number of quaternary nitrogens is 1. The summed E-state index contributed by atoms with van der Waals surface area (Å²) in [6.45, 7) is 8.01. The van der Waals surface area contributed by atoms with Crippen molar-refractivity contribution in [3.8, 4) is 11.5 Å². The molecule has 1 amide bonds. The van der Waals surface area contributed by atoms with Gasteiger partial charge in [0, 0.05) is 18.2 Å². The van der Waals surface area contributed by atoms with Gasteiger partial charge in [0.15, 0.2) is 11.5 Å². The van der Waals surface area contributed by atoms with E-state index >= 15 is 0 Å². The van der Waals surface area contributed by atoms with Crippen molar-refractivity contribution in [3.63, 3.8) is 0 Å². The van der Waals surface area contributed by atoms with Gasteiger partial charge in [-0.2, -0.15) is 0 Å². The largest absolute Gasteiger partial charge is 0.493 e. The normalized spacial score (nSPS) is 18.6. The summed E-state index contributed by atoms with van der Waals surface area (Å²) in [6.07, 6.45) is 4.32. The smallest absolute Gasteiger partial charge is 0.233 e. The van der Waals surface area contributed by atoms with E-state index < -0.39 is 0 Å². The lowest BCUT2D eigenvalue weighted by atomic mass is 9.96. The van der Waals surface area contributed by atoms with Crippen LogP contribution >= 0.6 is 0 Å². The van der Waals surface area contributed by atoms with Crippen LogP contribution in [-0.2, 0) is 11.2 Å². The zero-order valence-corrected chi connectivity index (χ0v) is 19.2. The van der Waals surface area contributed by atoms with E-state index in [4.69, 9.17) is 9.47 Å². The lowest BCUT2D eigenvalue weighted by Gasteiger charge is -2.29. The maximum absolute atomic E-state index is 12.9. The minimum absolute atomic E-state index is 0.0580. The van der Waals surface area contributed by atoms with Gasteiger partial charge in [-0.25, -0.2) is 0 Å². The van der Waals surface area contributed by atoms with E-state index in [1.54, 1.807) is 7.11 Å². The molecule has 31 heavy (non-hydrogen) atoms. The van der Waals surface area contributed by atoms with E-state index in [-0.39, 0.29) is 11.8 Å². The molecule has 1 unspecified atom stereocenters. The average Bonchev–Trinajstić information content (AvgIpc) is 2.78. The Balaban J connectivity index is 1.51. The number of aryl methyl sites for hydroxylation is 1. The number of piperidine rings is 1. The van der Waals surface area contributed by atoms with Crippen LogP contribution in [0.5, 0.6) is 11.5 Å². The second-order valence-corrected chi connectivity index (χ2v) is 8.94. The van der Waals surface area contributed by atoms with Gasteiger partial charge in [0.1, 0.15) is 0 Å². The topological polar surface area (TPSA) is 52.0 Å². The van der Waals surface area contributed by atoms with Crippen LogP contribution in [0.4, 0.5) is 5.69 Å². The first-order valence-corrected chi connectivity index (χ1v) is 11.5. The summed E-state index contributed by atoms with van der Waals surface area (Å²) in [4.78, 5) is 14.5. The first-order chi connectivity index (χ1) is 15.0. The van der Waals surface area contributed by atoms with Crippen molar-refractivity contribution in [2.45, 2.75) is 39.5 Å². The molecule has 5 heteroatoms. The molecule has 0 spiro atoms. The fraction of sp³-hybridized carbons (Fsp3) is 0.500. The van der Waals surface area contributed by atoms with Crippen molar-refractivity contribution in [1.29, 1.82) is 0 Å². The van der Waals surface area contributed by atoms with Crippen LogP contribution < -0.4 is 19.7 Å². The van der Waals surface area contributed by atoms with Crippen molar-refractivity contribution in [3.05, 3.63) is 54.1 Å². The minimum Gasteiger partial charge on any atom is -0.493 e. The molecule has 1 fully saturated rings. The summed E-state index contributed by atoms with van der Waals surface area (Å²) in [5, 5.41) is 3.11. The highest BCUT2D eigenvalue weighted by Crippen LogP contribution is 2.31. The molecule has 3 rings (SSSR count). The standard InChI is InChI=1S/C26H36N2O3/c1-20(2)19-31-25-17-23(13-14-24(25)30-3)27-26(29)22-12-8-16-28(18-22)15-7-11-21-9-5-4-6-10-21/h4-6,9-10,13-14,17,20,22H,7-8,11-12,15-16,18-19H2,1-3H3,(H,27,29)/p+1/t22-/m1/s1. The van der Waals surface area contributed by atoms with E-state index in [1.807, 2.05) is 18.2 Å². The summed E-state index contributed by atoms with van der Waals surface area (Å²) in [6, 6.07) is 16.2. The number of ether oxygens (including phenoxy) is 2. The van der Waals surface area contributed by atoms with Gasteiger partial charge in [0.2, 0.25) is 5.91 Å². The predicted octanol–water partition coefficient (Wildman–Crippen LogP) is 3.60. The van der Waals surface area contributed by atoms with Gasteiger partial charge < -0.3 is 19.7 Å². The highest BCUT2D eigenvalue weighted by molar-refractivity contribution is 5.93. The molecule has 1 heterocycles. The Morgan fingerprint density at radius 3 is 2.71 bits per heavy atom. The zero-order chi connectivity index (χ0) is 22.1. The summed E-state index contributed by atoms with van der Waals surface area (Å²) in [5.41, 5.74) is 2.16. The maximum Gasteiger partial charge on any atom is 0.233 e. The summed E-state index contributed by atoms with van der Waals surface area (Å²) in [5.74, 6) is 1.94. The number of methoxy groups -OCH3 is 1. The summed E-state index contributed by atoms with van der Waals surface area (Å²) in [7, 11) is 1.63. The third kappa shape index (κ3) is 7.28. The quantitative estimate of drug-likeness (QED) is 0.612. The van der Waals surface area contributed by atoms with Crippen molar-refractivity contribution in [1.82, 2.24) is 0 Å². The third-order valence-corrected chi connectivity index (χ3v) is 5.83. The predicted molar refractivity (Wildman–Crippen MR) is 125 cm³/mol. The fourth-order valence-corrected chi connectivity index (χ4v) is 4.16. The van der Waals surface area contributed by atoms with Crippen molar-refractivity contribution < 1.29 is 19.2 Å². The monoisotopic (exact) mass is 425 g/mol. The molecule has 2 aromatic rings. The van der Waals surface area contributed by atoms with Crippen LogP contribution in [0.1, 0.15) is 38.7 Å². The molecule has 0 saturated carbocycles. The van der Waals surface area contributed by atoms with E-state index in [9.17, 15) is 4.79 Å². The number of carbonyl (C=O) groups is 1. The molecule has 0 radical (unpaired) electrons. The first kappa shape index (κ1) is 23.1. The Bertz CT molecular complexity index is 823. The second kappa shape index (κ2) is 11.8. The van der Waals surface area contributed by atoms with E-state index in [2.05, 4.69) is 49.5 Å². The number of hydrogen-bond acceptors (Lipinski definition) is 3. The summed E-state index contributed by atoms with van der Waals surface area (Å²) >= 11 is 0. The Kier molecular flexibility index (Phi) is 8.77. The fourth-order valence-electron chi connectivity index (χ4n) is 4.16. The molecule has 1 saturated heterocycles. The molecule has 0 bridgehead atoms. The molecule has 0 aromatic heterocycles. The highest BCUT2D eigenvalue weighted by Gasteiger charge is 2.28. The van der Waals surface area contributed by atoms with E-state index in [0.29, 0.717) is 24.0 Å². The van der Waals surface area contributed by atoms with Crippen LogP contribution in [0.2, 0.25) is 0 Å². The van der Waals surface area contributed by atoms with Gasteiger partial charge in [0.25, 0.3) is 0 Å². The lowest BCUT2D eigenvalue weighted by Crippen LogP contribution is -3.13. The highest BCUT2D eigenvalue weighted by atomic mass is 16.5. The number of nitrogens with one attached hydrogen (secondary N) is 2. The number of anilines is 1. The third-order valence-electron chi connectivity index (χ3n) is 5.83. The van der Waals surface area contributed by atoms with Crippen molar-refractivity contribution in [2.75, 3.05) is 38.7 Å². The van der Waals surface area contributed by atoms with Gasteiger partial charge >= 0.3 is 0 Å². The van der Waals surface area contributed by atoms with Crippen molar-refractivity contribution >= 4 is 11.6 Å². The van der Waals surface area contributed by atoms with Gasteiger partial charge in [-0.3, -0.25) is 4.79 Å². The molecular formula is C26H37N2O3+. The lowest BCUT2D eigenvalue weighted by molar-refractivity contribution is -0.907. The number of carbonyl (C=O) groups excluding carboxylic acids is 1. The Morgan fingerprint density at radius 1 is 1.16 bits per heavy atom. The number of likely N-dealkylation sites (tertiary alicyclic amines) is 1.